The van der Waals surface area contributed by atoms with Crippen molar-refractivity contribution in [1.82, 2.24) is 0 Å². The highest BCUT2D eigenvalue weighted by Crippen LogP contribution is 2.31. The van der Waals surface area contributed by atoms with Gasteiger partial charge in [-0.3, -0.25) is 9.52 Å². The molecule has 7 heteroatoms. The third kappa shape index (κ3) is 3.40. The van der Waals surface area contributed by atoms with Crippen LogP contribution in [0.2, 0.25) is 0 Å². The molecule has 0 spiro atoms. The van der Waals surface area contributed by atoms with Crippen molar-refractivity contribution < 1.29 is 13.2 Å². The number of nitrogens with one attached hydrogen (secondary N) is 1. The van der Waals surface area contributed by atoms with E-state index in [1.165, 1.54) is 12.1 Å². The zero-order valence-corrected chi connectivity index (χ0v) is 14.6. The van der Waals surface area contributed by atoms with Gasteiger partial charge >= 0.3 is 0 Å². The molecule has 0 atom stereocenters. The van der Waals surface area contributed by atoms with Gasteiger partial charge in [-0.05, 0) is 36.8 Å². The van der Waals surface area contributed by atoms with Crippen LogP contribution in [-0.2, 0) is 14.8 Å². The molecule has 1 amide bonds. The van der Waals surface area contributed by atoms with E-state index < -0.39 is 10.0 Å². The van der Waals surface area contributed by atoms with E-state index >= 15 is 0 Å². The molecule has 1 fully saturated rings. The Morgan fingerprint density at radius 2 is 1.87 bits per heavy atom. The fourth-order valence-corrected chi connectivity index (χ4v) is 4.21. The van der Waals surface area contributed by atoms with E-state index in [1.807, 2.05) is 0 Å². The molecule has 1 saturated heterocycles. The number of halogens is 1. The number of carbonyl (C=O) groups excluding carboxylic acids is 1. The second-order valence-corrected chi connectivity index (χ2v) is 7.83. The van der Waals surface area contributed by atoms with E-state index in [0.717, 1.165) is 6.42 Å². The van der Waals surface area contributed by atoms with Gasteiger partial charge in [-0.15, -0.1) is 0 Å². The predicted molar refractivity (Wildman–Crippen MR) is 93.0 cm³/mol. The monoisotopic (exact) mass is 394 g/mol. The van der Waals surface area contributed by atoms with E-state index in [4.69, 9.17) is 0 Å². The second-order valence-electron chi connectivity index (χ2n) is 5.23. The number of anilines is 2. The first-order valence-corrected chi connectivity index (χ1v) is 9.43. The van der Waals surface area contributed by atoms with Crippen LogP contribution < -0.4 is 9.62 Å². The number of sulfonamides is 1. The molecule has 1 aliphatic rings. The van der Waals surface area contributed by atoms with Crippen molar-refractivity contribution in [3.8, 4) is 0 Å². The Morgan fingerprint density at radius 3 is 2.57 bits per heavy atom. The molecule has 0 saturated carbocycles. The average molecular weight is 395 g/mol. The third-order valence-electron chi connectivity index (χ3n) is 3.62. The van der Waals surface area contributed by atoms with Gasteiger partial charge in [0.25, 0.3) is 10.0 Å². The summed E-state index contributed by atoms with van der Waals surface area (Å²) in [5.41, 5.74) is 0.997. The predicted octanol–water partition coefficient (Wildman–Crippen LogP) is 3.38. The van der Waals surface area contributed by atoms with Crippen molar-refractivity contribution in [3.05, 3.63) is 53.0 Å². The standard InChI is InChI=1S/C16H15BrN2O3S/c17-12-5-3-6-13(11-12)23(21,22)18-14-7-1-2-8-15(14)19-10-4-9-16(19)20/h1-3,5-8,11,18H,4,9-10H2. The van der Waals surface area contributed by atoms with Crippen LogP contribution in [0.15, 0.2) is 57.9 Å². The number of hydrogen-bond donors (Lipinski definition) is 1. The first kappa shape index (κ1) is 16.0. The summed E-state index contributed by atoms with van der Waals surface area (Å²) >= 11 is 3.27. The third-order valence-corrected chi connectivity index (χ3v) is 5.48. The van der Waals surface area contributed by atoms with Crippen LogP contribution in [0.4, 0.5) is 11.4 Å². The summed E-state index contributed by atoms with van der Waals surface area (Å²) in [7, 11) is -3.72. The van der Waals surface area contributed by atoms with Gasteiger partial charge in [0.05, 0.1) is 16.3 Å². The Balaban J connectivity index is 1.96. The van der Waals surface area contributed by atoms with E-state index in [-0.39, 0.29) is 10.8 Å². The first-order valence-electron chi connectivity index (χ1n) is 7.15. The smallest absolute Gasteiger partial charge is 0.262 e. The number of amides is 1. The lowest BCUT2D eigenvalue weighted by Gasteiger charge is -2.20. The van der Waals surface area contributed by atoms with Crippen LogP contribution in [0.5, 0.6) is 0 Å². The summed E-state index contributed by atoms with van der Waals surface area (Å²) in [4.78, 5) is 13.7. The lowest BCUT2D eigenvalue weighted by molar-refractivity contribution is -0.117. The number of hydrogen-bond acceptors (Lipinski definition) is 3. The highest BCUT2D eigenvalue weighted by molar-refractivity contribution is 9.10. The van der Waals surface area contributed by atoms with Crippen molar-refractivity contribution in [2.75, 3.05) is 16.2 Å². The molecule has 0 bridgehead atoms. The van der Waals surface area contributed by atoms with Gasteiger partial charge < -0.3 is 4.90 Å². The molecule has 1 heterocycles. The van der Waals surface area contributed by atoms with Crippen LogP contribution in [0.1, 0.15) is 12.8 Å². The van der Waals surface area contributed by atoms with E-state index in [2.05, 4.69) is 20.7 Å². The Hall–Kier alpha value is -1.86. The lowest BCUT2D eigenvalue weighted by Crippen LogP contribution is -2.25. The van der Waals surface area contributed by atoms with Crippen molar-refractivity contribution in [2.24, 2.45) is 0 Å². The largest absolute Gasteiger partial charge is 0.310 e. The van der Waals surface area contributed by atoms with E-state index in [9.17, 15) is 13.2 Å². The Morgan fingerprint density at radius 1 is 1.09 bits per heavy atom. The molecule has 0 aromatic heterocycles. The van der Waals surface area contributed by atoms with Crippen molar-refractivity contribution in [3.63, 3.8) is 0 Å². The van der Waals surface area contributed by atoms with E-state index in [0.29, 0.717) is 28.8 Å². The molecule has 120 valence electrons. The van der Waals surface area contributed by atoms with E-state index in [1.54, 1.807) is 41.3 Å². The van der Waals surface area contributed by atoms with Crippen LogP contribution in [0, 0.1) is 0 Å². The van der Waals surface area contributed by atoms with Gasteiger partial charge in [-0.1, -0.05) is 34.1 Å². The zero-order valence-electron chi connectivity index (χ0n) is 12.2. The molecule has 0 radical (unpaired) electrons. The minimum absolute atomic E-state index is 0.0131. The second kappa shape index (κ2) is 6.33. The number of carbonyl (C=O) groups is 1. The molecule has 1 N–H and O–H groups in total. The summed E-state index contributed by atoms with van der Waals surface area (Å²) in [6, 6.07) is 13.4. The minimum Gasteiger partial charge on any atom is -0.310 e. The lowest BCUT2D eigenvalue weighted by atomic mass is 10.2. The van der Waals surface area contributed by atoms with Crippen molar-refractivity contribution in [1.29, 1.82) is 0 Å². The quantitative estimate of drug-likeness (QED) is 0.863. The van der Waals surface area contributed by atoms with Gasteiger partial charge in [0.1, 0.15) is 0 Å². The highest BCUT2D eigenvalue weighted by atomic mass is 79.9. The maximum atomic E-state index is 12.6. The number of rotatable bonds is 4. The Bertz CT molecular complexity index is 852. The van der Waals surface area contributed by atoms with Gasteiger partial charge in [0.2, 0.25) is 5.91 Å². The highest BCUT2D eigenvalue weighted by Gasteiger charge is 2.25. The summed E-state index contributed by atoms with van der Waals surface area (Å²) < 4.78 is 28.4. The number of benzene rings is 2. The SMILES string of the molecule is O=C1CCCN1c1ccccc1NS(=O)(=O)c1cccc(Br)c1. The Labute approximate surface area is 143 Å². The van der Waals surface area contributed by atoms with Crippen molar-refractivity contribution in [2.45, 2.75) is 17.7 Å². The molecule has 0 aliphatic carbocycles. The van der Waals surface area contributed by atoms with Gasteiger partial charge in [0, 0.05) is 17.4 Å². The molecule has 2 aromatic rings. The van der Waals surface area contributed by atoms with Gasteiger partial charge in [-0.2, -0.15) is 0 Å². The molecular formula is C16H15BrN2O3S. The number of nitrogens with zero attached hydrogens (tertiary/aromatic N) is 1. The average Bonchev–Trinajstić information content (AvgIpc) is 2.93. The maximum absolute atomic E-state index is 12.6. The minimum atomic E-state index is -3.72. The zero-order chi connectivity index (χ0) is 16.4. The molecule has 3 rings (SSSR count). The first-order chi connectivity index (χ1) is 11.0. The number of para-hydroxylation sites is 2. The summed E-state index contributed by atoms with van der Waals surface area (Å²) in [6.07, 6.45) is 1.28. The topological polar surface area (TPSA) is 66.5 Å². The Kier molecular flexibility index (Phi) is 4.41. The van der Waals surface area contributed by atoms with Crippen LogP contribution in [0.3, 0.4) is 0 Å². The molecular weight excluding hydrogens is 380 g/mol. The maximum Gasteiger partial charge on any atom is 0.262 e. The van der Waals surface area contributed by atoms with Crippen molar-refractivity contribution >= 4 is 43.2 Å². The molecule has 0 unspecified atom stereocenters. The van der Waals surface area contributed by atoms with Crippen LogP contribution >= 0.6 is 15.9 Å². The fourth-order valence-electron chi connectivity index (χ4n) is 2.54. The van der Waals surface area contributed by atoms with Gasteiger partial charge in [0.15, 0.2) is 0 Å². The van der Waals surface area contributed by atoms with Crippen LogP contribution in [0.25, 0.3) is 0 Å². The normalized spacial score (nSPS) is 15.0. The molecule has 2 aromatic carbocycles. The van der Waals surface area contributed by atoms with Gasteiger partial charge in [-0.25, -0.2) is 8.42 Å². The van der Waals surface area contributed by atoms with Crippen LogP contribution in [-0.4, -0.2) is 20.9 Å². The molecule has 1 aliphatic heterocycles. The summed E-state index contributed by atoms with van der Waals surface area (Å²) in [6.45, 7) is 0.606. The fraction of sp³-hybridized carbons (Fsp3) is 0.188. The summed E-state index contributed by atoms with van der Waals surface area (Å²) in [5.74, 6) is 0.0131. The summed E-state index contributed by atoms with van der Waals surface area (Å²) in [5, 5.41) is 0. The molecule has 5 nitrogen and oxygen atoms in total. The molecule has 23 heavy (non-hydrogen) atoms.